The van der Waals surface area contributed by atoms with Crippen LogP contribution >= 0.6 is 11.6 Å². The van der Waals surface area contributed by atoms with E-state index in [0.29, 0.717) is 0 Å². The molecule has 1 rings (SSSR count). The number of nitrogens with zero attached hydrogens (tertiary/aromatic N) is 1. The van der Waals surface area contributed by atoms with E-state index in [2.05, 4.69) is 0 Å². The van der Waals surface area contributed by atoms with E-state index in [9.17, 15) is 13.2 Å². The molecule has 1 aromatic carbocycles. The van der Waals surface area contributed by atoms with Crippen LogP contribution in [0, 0.1) is 5.82 Å². The zero-order valence-corrected chi connectivity index (χ0v) is 9.23. The number of nitrogens with two attached hydrogens (primary N) is 2. The summed E-state index contributed by atoms with van der Waals surface area (Å²) < 4.78 is 37.9. The minimum Gasteiger partial charge on any atom is -0.397 e. The summed E-state index contributed by atoms with van der Waals surface area (Å²) in [6, 6.07) is 1.24. The molecule has 3 nitrogen and oxygen atoms in total. The van der Waals surface area contributed by atoms with Gasteiger partial charge in [0.05, 0.1) is 23.6 Å². The molecule has 0 bridgehead atoms. The summed E-state index contributed by atoms with van der Waals surface area (Å²) in [6.45, 7) is -0.638. The lowest BCUT2D eigenvalue weighted by Crippen LogP contribution is -2.26. The van der Waals surface area contributed by atoms with Crippen LogP contribution in [0.25, 0.3) is 0 Å². The molecule has 7 heteroatoms. The Kier molecular flexibility index (Phi) is 3.74. The highest BCUT2D eigenvalue weighted by Gasteiger charge is 2.19. The monoisotopic (exact) mass is 253 g/mol. The Morgan fingerprint density at radius 2 is 1.94 bits per heavy atom. The maximum absolute atomic E-state index is 13.6. The first-order chi connectivity index (χ1) is 7.34. The lowest BCUT2D eigenvalue weighted by molar-refractivity contribution is 0.156. The third kappa shape index (κ3) is 2.44. The number of anilines is 3. The second-order valence-electron chi connectivity index (χ2n) is 3.30. The molecule has 1 aromatic rings. The fourth-order valence-electron chi connectivity index (χ4n) is 1.34. The van der Waals surface area contributed by atoms with E-state index in [-0.39, 0.29) is 22.1 Å². The summed E-state index contributed by atoms with van der Waals surface area (Å²) in [5, 5.41) is -0.315. The van der Waals surface area contributed by atoms with E-state index in [1.165, 1.54) is 13.1 Å². The van der Waals surface area contributed by atoms with Crippen molar-refractivity contribution in [2.75, 3.05) is 30.0 Å². The Morgan fingerprint density at radius 3 is 2.44 bits per heavy atom. The van der Waals surface area contributed by atoms with Crippen molar-refractivity contribution in [3.63, 3.8) is 0 Å². The first kappa shape index (κ1) is 12.8. The Morgan fingerprint density at radius 1 is 1.38 bits per heavy atom. The number of hydrogen-bond acceptors (Lipinski definition) is 3. The van der Waals surface area contributed by atoms with E-state index in [4.69, 9.17) is 23.1 Å². The largest absolute Gasteiger partial charge is 0.397 e. The predicted molar refractivity (Wildman–Crippen MR) is 59.5 cm³/mol. The van der Waals surface area contributed by atoms with E-state index in [1.54, 1.807) is 0 Å². The second kappa shape index (κ2) is 4.69. The molecular formula is C9H11ClF3N3. The second-order valence-corrected chi connectivity index (χ2v) is 3.68. The normalized spacial score (nSPS) is 10.9. The lowest BCUT2D eigenvalue weighted by atomic mass is 10.2. The molecule has 0 amide bonds. The van der Waals surface area contributed by atoms with Gasteiger partial charge in [-0.05, 0) is 6.07 Å². The van der Waals surface area contributed by atoms with Crippen LogP contribution in [-0.2, 0) is 0 Å². The van der Waals surface area contributed by atoms with Crippen LogP contribution in [0.15, 0.2) is 6.07 Å². The van der Waals surface area contributed by atoms with Crippen molar-refractivity contribution in [2.24, 2.45) is 0 Å². The predicted octanol–water partition coefficient (Wildman–Crippen LogP) is 2.34. The Labute approximate surface area is 95.8 Å². The summed E-state index contributed by atoms with van der Waals surface area (Å²) in [4.78, 5) is 1.00. The minimum absolute atomic E-state index is 0.0223. The van der Waals surface area contributed by atoms with Crippen molar-refractivity contribution in [2.45, 2.75) is 6.43 Å². The van der Waals surface area contributed by atoms with Crippen LogP contribution < -0.4 is 16.4 Å². The molecule has 0 aliphatic carbocycles. The molecule has 0 aliphatic heterocycles. The van der Waals surface area contributed by atoms with E-state index in [1.807, 2.05) is 0 Å². The Bertz CT molecular complexity index is 398. The van der Waals surface area contributed by atoms with Gasteiger partial charge in [0.15, 0.2) is 5.82 Å². The Balaban J connectivity index is 3.18. The van der Waals surface area contributed by atoms with E-state index in [0.717, 1.165) is 4.90 Å². The van der Waals surface area contributed by atoms with Crippen molar-refractivity contribution < 1.29 is 13.2 Å². The van der Waals surface area contributed by atoms with Crippen LogP contribution in [0.4, 0.5) is 30.2 Å². The quantitative estimate of drug-likeness (QED) is 0.813. The van der Waals surface area contributed by atoms with Gasteiger partial charge in [0.1, 0.15) is 5.02 Å². The first-order valence-electron chi connectivity index (χ1n) is 4.36. The molecule has 16 heavy (non-hydrogen) atoms. The van der Waals surface area contributed by atoms with Gasteiger partial charge in [-0.1, -0.05) is 11.6 Å². The zero-order valence-electron chi connectivity index (χ0n) is 8.48. The zero-order chi connectivity index (χ0) is 12.5. The molecular weight excluding hydrogens is 243 g/mol. The van der Waals surface area contributed by atoms with Crippen LogP contribution in [0.2, 0.25) is 5.02 Å². The van der Waals surface area contributed by atoms with Gasteiger partial charge in [0, 0.05) is 7.05 Å². The third-order valence-electron chi connectivity index (χ3n) is 2.03. The molecule has 0 saturated heterocycles. The summed E-state index contributed by atoms with van der Waals surface area (Å²) in [5.74, 6) is -0.887. The molecule has 0 fully saturated rings. The maximum Gasteiger partial charge on any atom is 0.255 e. The molecule has 0 saturated carbocycles. The molecule has 4 N–H and O–H groups in total. The summed E-state index contributed by atoms with van der Waals surface area (Å²) in [7, 11) is 1.30. The lowest BCUT2D eigenvalue weighted by Gasteiger charge is -2.22. The average molecular weight is 254 g/mol. The number of rotatable bonds is 3. The smallest absolute Gasteiger partial charge is 0.255 e. The number of alkyl halides is 2. The Hall–Kier alpha value is -1.30. The van der Waals surface area contributed by atoms with Gasteiger partial charge in [-0.2, -0.15) is 0 Å². The maximum atomic E-state index is 13.6. The molecule has 0 radical (unpaired) electrons. The molecule has 0 spiro atoms. The number of halogens is 4. The van der Waals surface area contributed by atoms with Gasteiger partial charge in [0.25, 0.3) is 6.43 Å². The number of hydrogen-bond donors (Lipinski definition) is 2. The van der Waals surface area contributed by atoms with Crippen molar-refractivity contribution in [3.8, 4) is 0 Å². The van der Waals surface area contributed by atoms with Gasteiger partial charge < -0.3 is 16.4 Å². The van der Waals surface area contributed by atoms with Gasteiger partial charge in [0.2, 0.25) is 0 Å². The van der Waals surface area contributed by atoms with Gasteiger partial charge >= 0.3 is 0 Å². The highest BCUT2D eigenvalue weighted by Crippen LogP contribution is 2.35. The molecule has 0 atom stereocenters. The fourth-order valence-corrected chi connectivity index (χ4v) is 1.49. The molecule has 90 valence electrons. The van der Waals surface area contributed by atoms with Crippen molar-refractivity contribution >= 4 is 28.7 Å². The van der Waals surface area contributed by atoms with Gasteiger partial charge in [-0.3, -0.25) is 0 Å². The van der Waals surface area contributed by atoms with Crippen LogP contribution in [0.1, 0.15) is 0 Å². The number of nitrogen functional groups attached to an aromatic ring is 2. The van der Waals surface area contributed by atoms with E-state index >= 15 is 0 Å². The highest BCUT2D eigenvalue weighted by atomic mass is 35.5. The average Bonchev–Trinajstić information content (AvgIpc) is 2.13. The topological polar surface area (TPSA) is 55.3 Å². The first-order valence-corrected chi connectivity index (χ1v) is 4.74. The van der Waals surface area contributed by atoms with Crippen LogP contribution in [0.3, 0.4) is 0 Å². The highest BCUT2D eigenvalue weighted by molar-refractivity contribution is 6.33. The molecule has 0 unspecified atom stereocenters. The minimum atomic E-state index is -2.60. The SMILES string of the molecule is CN(CC(F)F)c1c(N)cc(N)c(Cl)c1F. The number of benzene rings is 1. The standard InChI is InChI=1S/C9H11ClF3N3/c1-16(3-6(11)12)9-5(15)2-4(14)7(10)8(9)13/h2,6H,3,14-15H2,1H3. The van der Waals surface area contributed by atoms with Crippen molar-refractivity contribution in [1.29, 1.82) is 0 Å². The third-order valence-corrected chi connectivity index (χ3v) is 2.42. The molecule has 0 aromatic heterocycles. The molecule has 0 aliphatic rings. The van der Waals surface area contributed by atoms with Crippen molar-refractivity contribution in [3.05, 3.63) is 16.9 Å². The summed E-state index contributed by atoms with van der Waals surface area (Å²) in [6.07, 6.45) is -2.60. The van der Waals surface area contributed by atoms with Gasteiger partial charge in [-0.15, -0.1) is 0 Å². The van der Waals surface area contributed by atoms with Crippen LogP contribution in [-0.4, -0.2) is 20.0 Å². The van der Waals surface area contributed by atoms with Gasteiger partial charge in [-0.25, -0.2) is 13.2 Å². The summed E-state index contributed by atoms with van der Waals surface area (Å²) >= 11 is 5.57. The van der Waals surface area contributed by atoms with Crippen LogP contribution in [0.5, 0.6) is 0 Å². The van der Waals surface area contributed by atoms with Crippen molar-refractivity contribution in [1.82, 2.24) is 0 Å². The van der Waals surface area contributed by atoms with E-state index < -0.39 is 18.8 Å². The summed E-state index contributed by atoms with van der Waals surface area (Å²) in [5.41, 5.74) is 10.7. The molecule has 0 heterocycles. The fraction of sp³-hybridized carbons (Fsp3) is 0.333.